The van der Waals surface area contributed by atoms with Crippen LogP contribution in [0.5, 0.6) is 0 Å². The van der Waals surface area contributed by atoms with E-state index in [0.29, 0.717) is 65.1 Å². The number of carbonyl (C=O) groups is 7. The minimum Gasteiger partial charge on any atom is -0.444 e. The number of ether oxygens (including phenoxy) is 1. The van der Waals surface area contributed by atoms with Crippen LogP contribution in [0.3, 0.4) is 0 Å². The van der Waals surface area contributed by atoms with Crippen molar-refractivity contribution in [2.75, 3.05) is 46.4 Å². The molecule has 7 aromatic carbocycles. The molecular weight excluding hydrogens is 1150 g/mol. The van der Waals surface area contributed by atoms with Crippen molar-refractivity contribution in [1.29, 1.82) is 0 Å². The summed E-state index contributed by atoms with van der Waals surface area (Å²) in [4.78, 5) is 88.6. The normalized spacial score (nSPS) is 11.0. The van der Waals surface area contributed by atoms with Crippen molar-refractivity contribution in [2.45, 2.75) is 44.0 Å². The van der Waals surface area contributed by atoms with Crippen LogP contribution < -0.4 is 54.3 Å². The van der Waals surface area contributed by atoms with Crippen molar-refractivity contribution in [3.63, 3.8) is 0 Å². The number of hydrogen-bond acceptors (Lipinski definition) is 13. The predicted octanol–water partition coefficient (Wildman–Crippen LogP) is 5.29. The van der Waals surface area contributed by atoms with Crippen LogP contribution >= 0.6 is 0 Å². The molecule has 7 aromatic rings. The van der Waals surface area contributed by atoms with Crippen LogP contribution in [0.25, 0.3) is 0 Å². The largest absolute Gasteiger partial charge is 0.444 e. The van der Waals surface area contributed by atoms with Gasteiger partial charge in [-0.1, -0.05) is 115 Å². The minimum absolute atomic E-state index is 0.120. The molecule has 20 nitrogen and oxygen atoms in total. The van der Waals surface area contributed by atoms with E-state index in [1.165, 1.54) is 24.7 Å². The zero-order valence-electron chi connectivity index (χ0n) is 50.7. The van der Waals surface area contributed by atoms with E-state index in [1.54, 1.807) is 106 Å². The van der Waals surface area contributed by atoms with Crippen LogP contribution in [0.2, 0.25) is 0 Å². The highest BCUT2D eigenvalue weighted by Crippen LogP contribution is 2.36. The van der Waals surface area contributed by atoms with Crippen molar-refractivity contribution in [1.82, 2.24) is 42.9 Å². The molecule has 13 N–H and O–H groups in total. The molecule has 0 saturated carbocycles. The molecule has 2 atom stereocenters. The summed E-state index contributed by atoms with van der Waals surface area (Å²) in [6.45, 7) is 6.63. The molecule has 466 valence electrons. The third-order valence-electron chi connectivity index (χ3n) is 12.9. The summed E-state index contributed by atoms with van der Waals surface area (Å²) in [5.74, 6) is 13.5. The molecule has 7 rings (SSSR count). The van der Waals surface area contributed by atoms with E-state index in [-0.39, 0.29) is 24.9 Å². The Morgan fingerprint density at radius 2 is 0.879 bits per heavy atom. The zero-order valence-corrected chi connectivity index (χ0v) is 50.7. The quantitative estimate of drug-likeness (QED) is 0.0144. The Hall–Kier alpha value is -11.3. The van der Waals surface area contributed by atoms with Crippen molar-refractivity contribution >= 4 is 41.5 Å². The number of alkyl carbamates (subject to hydrolysis) is 1. The molecule has 0 aliphatic carbocycles. The van der Waals surface area contributed by atoms with Crippen molar-refractivity contribution in [3.8, 4) is 48.4 Å². The van der Waals surface area contributed by atoms with Gasteiger partial charge in [0.25, 0.3) is 35.4 Å². The van der Waals surface area contributed by atoms with Gasteiger partial charge in [-0.05, 0) is 146 Å². The first-order valence-electron chi connectivity index (χ1n) is 28.5. The number of carbonyl (C=O) groups excluding carboxylic acids is 7. The van der Waals surface area contributed by atoms with Gasteiger partial charge in [-0.2, -0.15) is 0 Å². The number of benzene rings is 7. The number of hydrogen-bond donors (Lipinski definition) is 11. The van der Waals surface area contributed by atoms with Gasteiger partial charge in [-0.25, -0.2) is 15.8 Å². The molecule has 0 saturated heterocycles. The van der Waals surface area contributed by atoms with Gasteiger partial charge in [-0.15, -0.1) is 12.8 Å². The van der Waals surface area contributed by atoms with Crippen LogP contribution in [0, 0.1) is 48.4 Å². The Labute approximate surface area is 530 Å². The lowest BCUT2D eigenvalue weighted by Gasteiger charge is -2.37. The summed E-state index contributed by atoms with van der Waals surface area (Å²) in [5.41, 5.74) is 21.0. The Kier molecular flexibility index (Phi) is 28.4. The fourth-order valence-corrected chi connectivity index (χ4v) is 8.41. The van der Waals surface area contributed by atoms with Gasteiger partial charge in [0, 0.05) is 77.2 Å². The molecule has 0 fully saturated rings. The second-order valence-corrected chi connectivity index (χ2v) is 20.5. The molecule has 0 aromatic heterocycles. The average Bonchev–Trinajstić information content (AvgIpc) is 0.785. The van der Waals surface area contributed by atoms with E-state index in [4.69, 9.17) is 34.3 Å². The maximum Gasteiger partial charge on any atom is 0.407 e. The third-order valence-corrected chi connectivity index (χ3v) is 12.9. The summed E-state index contributed by atoms with van der Waals surface area (Å²) in [6, 6.07) is 55.6. The number of amides is 7. The fourth-order valence-electron chi connectivity index (χ4n) is 8.41. The summed E-state index contributed by atoms with van der Waals surface area (Å²) in [7, 11) is 1.26. The lowest BCUT2D eigenvalue weighted by molar-refractivity contribution is -0.133. The van der Waals surface area contributed by atoms with E-state index in [9.17, 15) is 33.6 Å². The van der Waals surface area contributed by atoms with Gasteiger partial charge in [0.05, 0.1) is 19.2 Å². The Balaban J connectivity index is 0.000000250. The summed E-state index contributed by atoms with van der Waals surface area (Å²) in [5, 5.41) is 25.5. The molecule has 0 unspecified atom stereocenters. The minimum atomic E-state index is -1.07. The molecule has 20 heteroatoms. The smallest absolute Gasteiger partial charge is 0.407 e. The summed E-state index contributed by atoms with van der Waals surface area (Å²) < 4.78 is 5.10. The molecule has 0 spiro atoms. The Morgan fingerprint density at radius 1 is 0.495 bits per heavy atom. The molecule has 0 aliphatic rings. The van der Waals surface area contributed by atoms with E-state index >= 15 is 0 Å². The highest BCUT2D eigenvalue weighted by atomic mass is 16.6. The zero-order chi connectivity index (χ0) is 66.0. The molecule has 7 amide bonds. The topological polar surface area (TPSA) is 306 Å². The van der Waals surface area contributed by atoms with Gasteiger partial charge in [0.15, 0.2) is 0 Å². The summed E-state index contributed by atoms with van der Waals surface area (Å²) in [6.07, 6.45) is 9.96. The molecule has 0 radical (unpaired) electrons. The second kappa shape index (κ2) is 36.7. The first kappa shape index (κ1) is 70.4. The van der Waals surface area contributed by atoms with E-state index in [0.717, 1.165) is 22.3 Å². The van der Waals surface area contributed by atoms with Gasteiger partial charge in [0.2, 0.25) is 0 Å². The standard InChI is InChI=1S/C30H26N2O.C23H23N5O4.C18H23N3O5/c1-2-24-18-20-25(21-19-24)29(33)31-22-23-32-30(26-12-6-3-7-13-26,27-14-8-4-9-15-27)28-16-10-5-11-17-28;24-13-14-26-21(29)18-9-5-16(6-10-18)3-1-2-4-17-7-11-19(12-8-17)22(30)27-20(15-25)23(31)28-32;1-6-12-7-9-13(10-8-12)15(22)20-14(16(23)21-25-5)11-19-17(24)26-18(2,3)4/h1,3-21,32H,22-23H2,(H,31,33);5-12,20,32H,13-15,24-25H2,(H,26,29)(H,27,30)(H,28,31);1,7-10,14H,11H2,2-5H3,(H,19,24)(H,20,22)(H,21,23)/t;20-;14-/m.00/s1. The highest BCUT2D eigenvalue weighted by Gasteiger charge is 2.35. The lowest BCUT2D eigenvalue weighted by Crippen LogP contribution is -2.52. The van der Waals surface area contributed by atoms with Crippen LogP contribution in [0.1, 0.15) is 101 Å². The molecular formula is C71H72N10O10. The summed E-state index contributed by atoms with van der Waals surface area (Å²) >= 11 is 0. The molecule has 0 heterocycles. The van der Waals surface area contributed by atoms with Gasteiger partial charge >= 0.3 is 6.09 Å². The van der Waals surface area contributed by atoms with Gasteiger partial charge < -0.3 is 42.8 Å². The second-order valence-electron chi connectivity index (χ2n) is 20.5. The number of nitrogens with one attached hydrogen (secondary N) is 8. The number of nitrogens with two attached hydrogens (primary N) is 2. The Bertz CT molecular complexity index is 3650. The van der Waals surface area contributed by atoms with Gasteiger partial charge in [0.1, 0.15) is 17.7 Å². The maximum atomic E-state index is 12.6. The maximum absolute atomic E-state index is 12.6. The first-order chi connectivity index (χ1) is 43.9. The average molecular weight is 1230 g/mol. The van der Waals surface area contributed by atoms with Crippen LogP contribution in [0.4, 0.5) is 4.79 Å². The van der Waals surface area contributed by atoms with E-state index in [1.807, 2.05) is 18.2 Å². The highest BCUT2D eigenvalue weighted by molar-refractivity contribution is 5.99. The van der Waals surface area contributed by atoms with E-state index in [2.05, 4.69) is 151 Å². The number of hydroxylamine groups is 2. The molecule has 91 heavy (non-hydrogen) atoms. The lowest BCUT2D eigenvalue weighted by atomic mass is 9.77. The molecule has 0 aliphatic heterocycles. The monoisotopic (exact) mass is 1220 g/mol. The van der Waals surface area contributed by atoms with Gasteiger partial charge in [-0.3, -0.25) is 44.1 Å². The SMILES string of the molecule is C#Cc1ccc(C(=O)NCCNC(c2ccccc2)(c2ccccc2)c2ccccc2)cc1.C#Cc1ccc(C(=O)N[C@@H](CNC(=O)OC(C)(C)C)C(=O)NOC)cc1.NCCNC(=O)c1ccc(C#CC#Cc2ccc(C(=O)N[C@@H](CN)C(=O)NO)cc2)cc1. The van der Waals surface area contributed by atoms with Crippen LogP contribution in [0.15, 0.2) is 188 Å². The Morgan fingerprint density at radius 3 is 1.24 bits per heavy atom. The van der Waals surface area contributed by atoms with Crippen LogP contribution in [-0.4, -0.2) is 111 Å². The predicted molar refractivity (Wildman–Crippen MR) is 347 cm³/mol. The van der Waals surface area contributed by atoms with Crippen molar-refractivity contribution in [2.24, 2.45) is 11.5 Å². The first-order valence-corrected chi connectivity index (χ1v) is 28.5. The number of terminal acetylenes is 2. The van der Waals surface area contributed by atoms with E-state index < -0.39 is 52.9 Å². The molecule has 0 bridgehead atoms. The number of rotatable bonds is 21. The fraction of sp³-hybridized carbons (Fsp3) is 0.197. The van der Waals surface area contributed by atoms with Crippen molar-refractivity contribution in [3.05, 3.63) is 249 Å². The van der Waals surface area contributed by atoms with Crippen molar-refractivity contribution < 1.29 is 48.3 Å². The van der Waals surface area contributed by atoms with Crippen LogP contribution in [-0.2, 0) is 24.7 Å². The third kappa shape index (κ3) is 22.7.